The Bertz CT molecular complexity index is 927. The Balaban J connectivity index is 2.09. The number of para-hydroxylation sites is 1. The van der Waals surface area contributed by atoms with E-state index in [1.807, 2.05) is 0 Å². The van der Waals surface area contributed by atoms with Crippen molar-refractivity contribution in [3.05, 3.63) is 40.3 Å². The summed E-state index contributed by atoms with van der Waals surface area (Å²) in [6.45, 7) is 4.50. The zero-order valence-corrected chi connectivity index (χ0v) is 17.3. The van der Waals surface area contributed by atoms with Crippen LogP contribution in [0.2, 0.25) is 0 Å². The van der Waals surface area contributed by atoms with E-state index in [2.05, 4.69) is 10.2 Å². The number of alkyl halides is 4. The van der Waals surface area contributed by atoms with Crippen LogP contribution in [0.3, 0.4) is 0 Å². The van der Waals surface area contributed by atoms with Crippen molar-refractivity contribution in [2.75, 3.05) is 4.90 Å². The molecule has 1 aromatic carbocycles. The summed E-state index contributed by atoms with van der Waals surface area (Å²) >= 11 is 6.01. The molecule has 1 fully saturated rings. The van der Waals surface area contributed by atoms with E-state index < -0.39 is 40.6 Å². The third-order valence-corrected chi connectivity index (χ3v) is 7.10. The Morgan fingerprint density at radius 1 is 1.28 bits per heavy atom. The molecule has 29 heavy (non-hydrogen) atoms. The van der Waals surface area contributed by atoms with Gasteiger partial charge in [0, 0.05) is 18.2 Å². The summed E-state index contributed by atoms with van der Waals surface area (Å²) in [6, 6.07) is 7.78. The van der Waals surface area contributed by atoms with E-state index in [4.69, 9.17) is 11.6 Å². The van der Waals surface area contributed by atoms with Crippen molar-refractivity contribution < 1.29 is 28.2 Å². The first-order valence-electron chi connectivity index (χ1n) is 8.69. The number of benzene rings is 1. The highest BCUT2D eigenvalue weighted by atomic mass is 35.5. The van der Waals surface area contributed by atoms with E-state index in [-0.39, 0.29) is 10.0 Å². The molecule has 1 aliphatic rings. The number of hydrogen-bond acceptors (Lipinski definition) is 6. The SMILES string of the molecule is CC(C)N(c1ccccc1)C(O)(C(=O)O)c1nnc(C2(C)CC(F)(F)C2(F)Cl)s1. The van der Waals surface area contributed by atoms with E-state index >= 15 is 0 Å². The molecule has 3 rings (SSSR count). The topological polar surface area (TPSA) is 86.5 Å². The number of aliphatic carboxylic acids is 1. The molecule has 0 aliphatic heterocycles. The smallest absolute Gasteiger partial charge is 0.365 e. The number of halogens is 4. The van der Waals surface area contributed by atoms with Crippen LogP contribution < -0.4 is 4.90 Å². The van der Waals surface area contributed by atoms with Crippen LogP contribution in [0.15, 0.2) is 30.3 Å². The molecule has 0 radical (unpaired) electrons. The van der Waals surface area contributed by atoms with Crippen LogP contribution in [0, 0.1) is 0 Å². The third kappa shape index (κ3) is 3.00. The maximum absolute atomic E-state index is 14.5. The predicted molar refractivity (Wildman–Crippen MR) is 102 cm³/mol. The van der Waals surface area contributed by atoms with Crippen LogP contribution in [0.1, 0.15) is 37.2 Å². The molecule has 11 heteroatoms. The van der Waals surface area contributed by atoms with Crippen molar-refractivity contribution in [2.45, 2.75) is 55.4 Å². The van der Waals surface area contributed by atoms with Gasteiger partial charge >= 0.3 is 5.97 Å². The first kappa shape index (κ1) is 21.8. The van der Waals surface area contributed by atoms with Crippen molar-refractivity contribution in [1.29, 1.82) is 0 Å². The van der Waals surface area contributed by atoms with Gasteiger partial charge in [-0.15, -0.1) is 10.2 Å². The van der Waals surface area contributed by atoms with Crippen LogP contribution in [0.5, 0.6) is 0 Å². The molecule has 6 nitrogen and oxygen atoms in total. The summed E-state index contributed by atoms with van der Waals surface area (Å²) in [5.41, 5.74) is -4.13. The van der Waals surface area contributed by atoms with Gasteiger partial charge in [-0.05, 0) is 32.9 Å². The summed E-state index contributed by atoms with van der Waals surface area (Å²) in [4.78, 5) is 13.3. The molecule has 0 amide bonds. The van der Waals surface area contributed by atoms with Crippen molar-refractivity contribution in [3.63, 3.8) is 0 Å². The molecule has 1 aliphatic carbocycles. The van der Waals surface area contributed by atoms with Crippen LogP contribution >= 0.6 is 22.9 Å². The van der Waals surface area contributed by atoms with E-state index in [0.717, 1.165) is 0 Å². The lowest BCUT2D eigenvalue weighted by Gasteiger charge is -2.52. The van der Waals surface area contributed by atoms with Gasteiger partial charge in [0.05, 0.1) is 5.41 Å². The number of carboxylic acids is 1. The zero-order chi connectivity index (χ0) is 21.8. The minimum atomic E-state index is -3.76. The second-order valence-corrected chi connectivity index (χ2v) is 8.98. The Morgan fingerprint density at radius 3 is 2.31 bits per heavy atom. The maximum atomic E-state index is 14.5. The van der Waals surface area contributed by atoms with Crippen molar-refractivity contribution in [3.8, 4) is 0 Å². The molecule has 3 atom stereocenters. The Hall–Kier alpha value is -1.91. The van der Waals surface area contributed by atoms with Gasteiger partial charge in [-0.2, -0.15) is 0 Å². The molecule has 0 bridgehead atoms. The average Bonchev–Trinajstić information content (AvgIpc) is 3.12. The second kappa shape index (κ2) is 6.82. The number of hydrogen-bond donors (Lipinski definition) is 2. The Morgan fingerprint density at radius 2 is 1.86 bits per heavy atom. The fourth-order valence-corrected chi connectivity index (χ4v) is 4.90. The lowest BCUT2D eigenvalue weighted by Crippen LogP contribution is -2.67. The molecule has 0 saturated heterocycles. The molecule has 1 heterocycles. The van der Waals surface area contributed by atoms with E-state index in [0.29, 0.717) is 17.0 Å². The Labute approximate surface area is 173 Å². The molecule has 0 spiro atoms. The number of aliphatic hydroxyl groups is 1. The van der Waals surface area contributed by atoms with Crippen molar-refractivity contribution in [2.24, 2.45) is 0 Å². The summed E-state index contributed by atoms with van der Waals surface area (Å²) in [5, 5.41) is 24.5. The highest BCUT2D eigenvalue weighted by Crippen LogP contribution is 2.65. The molecule has 1 aromatic heterocycles. The lowest BCUT2D eigenvalue weighted by molar-refractivity contribution is -0.217. The maximum Gasteiger partial charge on any atom is 0.365 e. The largest absolute Gasteiger partial charge is 0.477 e. The van der Waals surface area contributed by atoms with Crippen molar-refractivity contribution >= 4 is 34.6 Å². The highest BCUT2D eigenvalue weighted by Gasteiger charge is 2.78. The molecular weight excluding hydrogens is 431 g/mol. The summed E-state index contributed by atoms with van der Waals surface area (Å²) < 4.78 is 41.7. The van der Waals surface area contributed by atoms with E-state index in [1.165, 1.54) is 11.8 Å². The normalized spacial score (nSPS) is 27.9. The van der Waals surface area contributed by atoms with E-state index in [9.17, 15) is 28.2 Å². The van der Waals surface area contributed by atoms with Crippen LogP contribution in [0.4, 0.5) is 18.9 Å². The van der Waals surface area contributed by atoms with Gasteiger partial charge in [-0.25, -0.2) is 18.0 Å². The average molecular weight is 450 g/mol. The fourth-order valence-electron chi connectivity index (χ4n) is 3.50. The fraction of sp³-hybridized carbons (Fsp3) is 0.500. The van der Waals surface area contributed by atoms with Crippen molar-refractivity contribution in [1.82, 2.24) is 10.2 Å². The van der Waals surface area contributed by atoms with Gasteiger partial charge < -0.3 is 15.1 Å². The summed E-state index contributed by atoms with van der Waals surface area (Å²) in [7, 11) is 0. The van der Waals surface area contributed by atoms with Crippen LogP contribution in [-0.4, -0.2) is 43.5 Å². The number of aromatic nitrogens is 2. The third-order valence-electron chi connectivity index (χ3n) is 5.12. The minimum absolute atomic E-state index is 0.215. The second-order valence-electron chi connectivity index (χ2n) is 7.48. The van der Waals surface area contributed by atoms with Gasteiger partial charge in [0.1, 0.15) is 5.01 Å². The van der Waals surface area contributed by atoms with Crippen LogP contribution in [-0.2, 0) is 15.9 Å². The minimum Gasteiger partial charge on any atom is -0.477 e. The van der Waals surface area contributed by atoms with Gasteiger partial charge in [-0.1, -0.05) is 41.1 Å². The Kier molecular flexibility index (Phi) is 5.12. The van der Waals surface area contributed by atoms with Gasteiger partial charge in [0.15, 0.2) is 5.01 Å². The number of anilines is 1. The van der Waals surface area contributed by atoms with Crippen LogP contribution in [0.25, 0.3) is 0 Å². The zero-order valence-electron chi connectivity index (χ0n) is 15.7. The van der Waals surface area contributed by atoms with E-state index in [1.54, 1.807) is 44.2 Å². The molecule has 2 aromatic rings. The number of carboxylic acid groups (broad SMARTS) is 1. The first-order chi connectivity index (χ1) is 13.3. The molecular formula is C18H19ClF3N3O3S. The molecule has 3 unspecified atom stereocenters. The quantitative estimate of drug-likeness (QED) is 0.514. The van der Waals surface area contributed by atoms with Gasteiger partial charge in [0.25, 0.3) is 16.8 Å². The highest BCUT2D eigenvalue weighted by molar-refractivity contribution is 7.11. The van der Waals surface area contributed by atoms with Gasteiger partial charge in [-0.3, -0.25) is 0 Å². The first-order valence-corrected chi connectivity index (χ1v) is 9.89. The number of carbonyl (C=O) groups is 1. The summed E-state index contributed by atoms with van der Waals surface area (Å²) in [5.74, 6) is -5.40. The standard InChI is InChI=1S/C18H19ClF3N3O3S/c1-10(2)25(11-7-5-4-6-8-11)17(28,14(26)27)13-24-23-12(29-13)15(3)9-16(20,21)18(15,19)22/h4-8,10,28H,9H2,1-3H3,(H,26,27). The number of rotatable bonds is 6. The monoisotopic (exact) mass is 449 g/mol. The molecule has 158 valence electrons. The number of nitrogens with zero attached hydrogens (tertiary/aromatic N) is 3. The lowest BCUT2D eigenvalue weighted by atomic mass is 9.65. The molecule has 2 N–H and O–H groups in total. The predicted octanol–water partition coefficient (Wildman–Crippen LogP) is 3.88. The molecule has 1 saturated carbocycles. The van der Waals surface area contributed by atoms with Gasteiger partial charge in [0.2, 0.25) is 0 Å². The summed E-state index contributed by atoms with van der Waals surface area (Å²) in [6.07, 6.45) is -0.910.